The number of carbonyl (C=O) groups excluding carboxylic acids is 2. The summed E-state index contributed by atoms with van der Waals surface area (Å²) in [6.45, 7) is 1.85. The minimum absolute atomic E-state index is 0.0233. The smallest absolute Gasteiger partial charge is 0.373 e. The number of halogens is 6. The van der Waals surface area contributed by atoms with Crippen molar-refractivity contribution in [3.05, 3.63) is 18.0 Å². The Hall–Kier alpha value is -2.72. The van der Waals surface area contributed by atoms with Gasteiger partial charge in [0.25, 0.3) is 0 Å². The lowest BCUT2D eigenvalue weighted by Gasteiger charge is -2.42. The summed E-state index contributed by atoms with van der Waals surface area (Å²) in [5, 5.41) is 0. The molecule has 0 aliphatic carbocycles. The van der Waals surface area contributed by atoms with Gasteiger partial charge in [-0.3, -0.25) is 19.9 Å². The highest BCUT2D eigenvalue weighted by molar-refractivity contribution is 5.80. The number of nitrogens with zero attached hydrogens (tertiary/aromatic N) is 5. The summed E-state index contributed by atoms with van der Waals surface area (Å²) in [7, 11) is 0. The number of piperazine rings is 1. The van der Waals surface area contributed by atoms with Crippen LogP contribution in [0.3, 0.4) is 0 Å². The molecule has 4 saturated heterocycles. The van der Waals surface area contributed by atoms with Gasteiger partial charge in [-0.15, -0.1) is 0 Å². The van der Waals surface area contributed by atoms with Crippen LogP contribution in [0.5, 0.6) is 0 Å². The van der Waals surface area contributed by atoms with Crippen molar-refractivity contribution in [2.24, 2.45) is 5.92 Å². The third-order valence-electron chi connectivity index (χ3n) is 8.16. The standard InChI is InChI=1S/C24H31F6N7O3/c25-23(26,27)14-11-31-22(32-12-14)36-8-6-35(7-9-36)19(38)10-15-3-4-18(40-15)16-2-1-5-37(16)17-13-33-34-21(39)20(17)24(28,29)30/h11-12,15-18,20,33H,1-10,13H2,(H,34,39)/t15-,16+,17?,18+,20?/m1/s1. The van der Waals surface area contributed by atoms with Gasteiger partial charge in [-0.05, 0) is 32.2 Å². The van der Waals surface area contributed by atoms with Gasteiger partial charge in [0.05, 0.1) is 24.2 Å². The van der Waals surface area contributed by atoms with Crippen molar-refractivity contribution in [1.82, 2.24) is 30.6 Å². The van der Waals surface area contributed by atoms with E-state index in [-0.39, 0.29) is 43.1 Å². The first-order chi connectivity index (χ1) is 18.9. The normalized spacial score (nSPS) is 30.6. The number of anilines is 1. The monoisotopic (exact) mass is 579 g/mol. The summed E-state index contributed by atoms with van der Waals surface area (Å²) in [5.41, 5.74) is 3.75. The average molecular weight is 580 g/mol. The summed E-state index contributed by atoms with van der Waals surface area (Å²) >= 11 is 0. The van der Waals surface area contributed by atoms with E-state index in [1.54, 1.807) is 14.7 Å². The highest BCUT2D eigenvalue weighted by atomic mass is 19.4. The fraction of sp³-hybridized carbons (Fsp3) is 0.750. The third kappa shape index (κ3) is 6.12. The molecule has 222 valence electrons. The van der Waals surface area contributed by atoms with Crippen LogP contribution >= 0.6 is 0 Å². The van der Waals surface area contributed by atoms with Gasteiger partial charge in [-0.2, -0.15) is 26.3 Å². The molecule has 0 aromatic carbocycles. The number of rotatable bonds is 5. The Morgan fingerprint density at radius 1 is 0.975 bits per heavy atom. The van der Waals surface area contributed by atoms with E-state index in [1.807, 2.05) is 0 Å². The maximum atomic E-state index is 13.7. The quantitative estimate of drug-likeness (QED) is 0.509. The molecule has 2 N–H and O–H groups in total. The second-order valence-corrected chi connectivity index (χ2v) is 10.6. The fourth-order valence-corrected chi connectivity index (χ4v) is 6.19. The first-order valence-electron chi connectivity index (χ1n) is 13.3. The van der Waals surface area contributed by atoms with Gasteiger partial charge in [0.15, 0.2) is 5.92 Å². The molecule has 16 heteroatoms. The largest absolute Gasteiger partial charge is 0.419 e. The molecule has 2 unspecified atom stereocenters. The summed E-state index contributed by atoms with van der Waals surface area (Å²) < 4.78 is 85.6. The maximum absolute atomic E-state index is 13.7. The zero-order valence-electron chi connectivity index (χ0n) is 21.5. The molecule has 2 amide bonds. The Labute approximate surface area is 226 Å². The van der Waals surface area contributed by atoms with Crippen molar-refractivity contribution in [2.45, 2.75) is 68.7 Å². The van der Waals surface area contributed by atoms with E-state index < -0.39 is 35.8 Å². The van der Waals surface area contributed by atoms with E-state index in [1.165, 1.54) is 0 Å². The predicted octanol–water partition coefficient (Wildman–Crippen LogP) is 1.73. The molecule has 40 heavy (non-hydrogen) atoms. The Bertz CT molecular complexity index is 1060. The van der Waals surface area contributed by atoms with Crippen LogP contribution in [-0.2, 0) is 20.5 Å². The van der Waals surface area contributed by atoms with Crippen LogP contribution in [0.25, 0.3) is 0 Å². The molecular weight excluding hydrogens is 548 g/mol. The molecule has 0 spiro atoms. The zero-order chi connectivity index (χ0) is 28.7. The van der Waals surface area contributed by atoms with Gasteiger partial charge in [0, 0.05) is 57.2 Å². The Balaban J connectivity index is 1.12. The van der Waals surface area contributed by atoms with Crippen LogP contribution in [-0.4, -0.2) is 101 Å². The number of aromatic nitrogens is 2. The van der Waals surface area contributed by atoms with Crippen LogP contribution < -0.4 is 15.8 Å². The number of alkyl halides is 6. The van der Waals surface area contributed by atoms with Crippen molar-refractivity contribution < 1.29 is 40.7 Å². The minimum atomic E-state index is -4.67. The van der Waals surface area contributed by atoms with E-state index in [4.69, 9.17) is 4.74 Å². The molecule has 0 radical (unpaired) electrons. The molecule has 0 saturated carbocycles. The van der Waals surface area contributed by atoms with E-state index in [0.29, 0.717) is 58.4 Å². The molecule has 1 aromatic heterocycles. The molecule has 4 fully saturated rings. The molecular formula is C24H31F6N7O3. The number of hydrazine groups is 1. The number of hydrogen-bond acceptors (Lipinski definition) is 8. The number of amides is 2. The topological polar surface area (TPSA) is 103 Å². The van der Waals surface area contributed by atoms with Gasteiger partial charge in [0.1, 0.15) is 0 Å². The van der Waals surface area contributed by atoms with Crippen molar-refractivity contribution in [1.29, 1.82) is 0 Å². The molecule has 5 rings (SSSR count). The van der Waals surface area contributed by atoms with Crippen molar-refractivity contribution in [3.63, 3.8) is 0 Å². The minimum Gasteiger partial charge on any atom is -0.373 e. The first-order valence-corrected chi connectivity index (χ1v) is 13.3. The number of ether oxygens (including phenoxy) is 1. The van der Waals surface area contributed by atoms with E-state index in [9.17, 15) is 35.9 Å². The number of likely N-dealkylation sites (tertiary alicyclic amines) is 1. The van der Waals surface area contributed by atoms with E-state index in [0.717, 1.165) is 12.4 Å². The Morgan fingerprint density at radius 2 is 1.68 bits per heavy atom. The molecule has 0 bridgehead atoms. The maximum Gasteiger partial charge on any atom is 0.419 e. The van der Waals surface area contributed by atoms with E-state index >= 15 is 0 Å². The third-order valence-corrected chi connectivity index (χ3v) is 8.16. The lowest BCUT2D eigenvalue weighted by molar-refractivity contribution is -0.202. The first kappa shape index (κ1) is 28.8. The van der Waals surface area contributed by atoms with Crippen LogP contribution in [0, 0.1) is 5.92 Å². The lowest BCUT2D eigenvalue weighted by atomic mass is 9.93. The van der Waals surface area contributed by atoms with Crippen LogP contribution in [0.1, 0.15) is 37.7 Å². The summed E-state index contributed by atoms with van der Waals surface area (Å²) in [4.78, 5) is 37.8. The van der Waals surface area contributed by atoms with Crippen LogP contribution in [0.2, 0.25) is 0 Å². The average Bonchev–Trinajstić information content (AvgIpc) is 3.57. The predicted molar refractivity (Wildman–Crippen MR) is 128 cm³/mol. The van der Waals surface area contributed by atoms with Crippen LogP contribution in [0.15, 0.2) is 12.4 Å². The number of nitrogens with one attached hydrogen (secondary N) is 2. The van der Waals surface area contributed by atoms with Gasteiger partial charge < -0.3 is 14.5 Å². The molecule has 5 atom stereocenters. The van der Waals surface area contributed by atoms with E-state index in [2.05, 4.69) is 20.8 Å². The van der Waals surface area contributed by atoms with Crippen LogP contribution in [0.4, 0.5) is 32.3 Å². The summed E-state index contributed by atoms with van der Waals surface area (Å²) in [5.74, 6) is -3.16. The molecule has 1 aromatic rings. The number of carbonyl (C=O) groups is 2. The Morgan fingerprint density at radius 3 is 2.33 bits per heavy atom. The summed E-state index contributed by atoms with van der Waals surface area (Å²) in [6.07, 6.45) is -5.69. The van der Waals surface area contributed by atoms with Gasteiger partial charge in [0.2, 0.25) is 17.8 Å². The van der Waals surface area contributed by atoms with Crippen molar-refractivity contribution in [2.75, 3.05) is 44.2 Å². The second-order valence-electron chi connectivity index (χ2n) is 10.6. The van der Waals surface area contributed by atoms with Crippen molar-refractivity contribution in [3.8, 4) is 0 Å². The SMILES string of the molecule is O=C1NNCC(N2CCC[C@H]2[C@@H]2CC[C@H](CC(=O)N3CCN(c4ncc(C(F)(F)F)cn4)CC3)O2)C1C(F)(F)F. The number of hydrogen-bond donors (Lipinski definition) is 2. The Kier molecular flexibility index (Phi) is 8.12. The van der Waals surface area contributed by atoms with Gasteiger partial charge >= 0.3 is 12.4 Å². The fourth-order valence-electron chi connectivity index (χ4n) is 6.19. The molecule has 5 heterocycles. The molecule has 4 aliphatic heterocycles. The molecule has 4 aliphatic rings. The highest BCUT2D eigenvalue weighted by Crippen LogP contribution is 2.39. The second kappa shape index (κ2) is 11.3. The van der Waals surface area contributed by atoms with Gasteiger partial charge in [-0.25, -0.2) is 15.4 Å². The zero-order valence-corrected chi connectivity index (χ0v) is 21.5. The van der Waals surface area contributed by atoms with Crippen molar-refractivity contribution >= 4 is 17.8 Å². The van der Waals surface area contributed by atoms with Gasteiger partial charge in [-0.1, -0.05) is 0 Å². The summed E-state index contributed by atoms with van der Waals surface area (Å²) in [6, 6.07) is -1.30. The lowest BCUT2D eigenvalue weighted by Crippen LogP contribution is -2.65. The highest BCUT2D eigenvalue weighted by Gasteiger charge is 2.55. The molecule has 10 nitrogen and oxygen atoms in total.